The quantitative estimate of drug-likeness (QED) is 0.246. The molecule has 0 aliphatic rings. The number of nitrogens with one attached hydrogen (secondary N) is 1. The van der Waals surface area contributed by atoms with Crippen molar-refractivity contribution in [1.82, 2.24) is 9.88 Å². The zero-order chi connectivity index (χ0) is 22.2. The molecule has 0 saturated heterocycles. The molecular formula is C21H35ClN2O4Si. The van der Waals surface area contributed by atoms with E-state index in [0.29, 0.717) is 17.5 Å². The summed E-state index contributed by atoms with van der Waals surface area (Å²) in [5.41, 5.74) is 0.199. The molecule has 1 unspecified atom stereocenters. The molecule has 1 rings (SSSR count). The van der Waals surface area contributed by atoms with Crippen molar-refractivity contribution in [2.24, 2.45) is 5.41 Å². The van der Waals surface area contributed by atoms with Gasteiger partial charge in [0.15, 0.2) is 0 Å². The summed E-state index contributed by atoms with van der Waals surface area (Å²) in [6.07, 6.45) is 3.54. The van der Waals surface area contributed by atoms with Gasteiger partial charge in [-0.15, -0.1) is 0 Å². The van der Waals surface area contributed by atoms with E-state index < -0.39 is 26.0 Å². The van der Waals surface area contributed by atoms with Gasteiger partial charge >= 0.3 is 5.97 Å². The lowest BCUT2D eigenvalue weighted by Crippen LogP contribution is -2.41. The van der Waals surface area contributed by atoms with Gasteiger partial charge in [0.25, 0.3) is 5.91 Å². The molecule has 1 atom stereocenters. The molecule has 1 amide bonds. The van der Waals surface area contributed by atoms with Crippen LogP contribution in [0.3, 0.4) is 0 Å². The van der Waals surface area contributed by atoms with E-state index in [0.717, 1.165) is 6.04 Å². The maximum atomic E-state index is 12.8. The lowest BCUT2D eigenvalue weighted by atomic mass is 9.95. The Hall–Kier alpha value is -1.57. The number of ether oxygens (including phenoxy) is 2. The Morgan fingerprint density at radius 3 is 2.48 bits per heavy atom. The predicted molar refractivity (Wildman–Crippen MR) is 120 cm³/mol. The average Bonchev–Trinajstić information content (AvgIpc) is 2.94. The van der Waals surface area contributed by atoms with Gasteiger partial charge in [-0.3, -0.25) is 4.79 Å². The molecule has 0 aromatic carbocycles. The van der Waals surface area contributed by atoms with Crippen LogP contribution in [-0.4, -0.2) is 43.8 Å². The van der Waals surface area contributed by atoms with Gasteiger partial charge in [-0.1, -0.05) is 64.2 Å². The first kappa shape index (κ1) is 25.5. The molecule has 29 heavy (non-hydrogen) atoms. The summed E-state index contributed by atoms with van der Waals surface area (Å²) in [7, 11) is -1.20. The Balaban J connectivity index is 2.89. The normalized spacial score (nSPS) is 13.5. The van der Waals surface area contributed by atoms with Crippen LogP contribution in [0.4, 0.5) is 0 Å². The number of nitrogens with zero attached hydrogens (tertiary/aromatic N) is 1. The van der Waals surface area contributed by atoms with Gasteiger partial charge in [0.1, 0.15) is 23.6 Å². The van der Waals surface area contributed by atoms with Crippen molar-refractivity contribution < 1.29 is 19.1 Å². The van der Waals surface area contributed by atoms with Crippen molar-refractivity contribution in [3.05, 3.63) is 35.1 Å². The number of carbonyl (C=O) groups is 2. The van der Waals surface area contributed by atoms with Crippen molar-refractivity contribution in [1.29, 1.82) is 0 Å². The average molecular weight is 443 g/mol. The molecule has 8 heteroatoms. The summed E-state index contributed by atoms with van der Waals surface area (Å²) in [5, 5.41) is 3.13. The molecule has 1 heterocycles. The summed E-state index contributed by atoms with van der Waals surface area (Å²) in [4.78, 5) is 25.1. The van der Waals surface area contributed by atoms with Crippen molar-refractivity contribution in [2.75, 3.05) is 13.2 Å². The Kier molecular flexibility index (Phi) is 9.65. The lowest BCUT2D eigenvalue weighted by molar-refractivity contribution is -0.144. The number of rotatable bonds is 10. The van der Waals surface area contributed by atoms with Gasteiger partial charge in [-0.05, 0) is 30.5 Å². The van der Waals surface area contributed by atoms with Gasteiger partial charge in [0.05, 0.1) is 6.61 Å². The fourth-order valence-corrected chi connectivity index (χ4v) is 3.28. The largest absolute Gasteiger partial charge is 0.464 e. The highest BCUT2D eigenvalue weighted by molar-refractivity contribution is 6.76. The Labute approximate surface area is 180 Å². The van der Waals surface area contributed by atoms with Gasteiger partial charge in [-0.25, -0.2) is 4.79 Å². The molecule has 6 nitrogen and oxygen atoms in total. The molecule has 0 aliphatic carbocycles. The number of amides is 1. The molecule has 0 fully saturated rings. The van der Waals surface area contributed by atoms with Crippen LogP contribution in [0.15, 0.2) is 24.3 Å². The maximum absolute atomic E-state index is 12.8. The second kappa shape index (κ2) is 11.0. The van der Waals surface area contributed by atoms with Crippen molar-refractivity contribution >= 4 is 31.6 Å². The smallest absolute Gasteiger partial charge is 0.332 e. The first-order chi connectivity index (χ1) is 13.3. The third-order valence-corrected chi connectivity index (χ3v) is 6.03. The monoisotopic (exact) mass is 442 g/mol. The number of hydrogen-bond donors (Lipinski definition) is 1. The van der Waals surface area contributed by atoms with E-state index in [1.165, 1.54) is 0 Å². The van der Waals surface area contributed by atoms with E-state index in [2.05, 4.69) is 25.0 Å². The van der Waals surface area contributed by atoms with E-state index in [9.17, 15) is 9.59 Å². The summed E-state index contributed by atoms with van der Waals surface area (Å²) in [6, 6.07) is 3.41. The van der Waals surface area contributed by atoms with Crippen molar-refractivity contribution in [2.45, 2.75) is 66.2 Å². The Morgan fingerprint density at radius 2 is 1.93 bits per heavy atom. The molecule has 1 aromatic heterocycles. The Bertz CT molecular complexity index is 717. The van der Waals surface area contributed by atoms with E-state index in [1.807, 2.05) is 26.8 Å². The Morgan fingerprint density at radius 1 is 1.28 bits per heavy atom. The van der Waals surface area contributed by atoms with Crippen LogP contribution in [0.1, 0.15) is 38.2 Å². The van der Waals surface area contributed by atoms with E-state index >= 15 is 0 Å². The minimum atomic E-state index is -1.20. The SMILES string of the molecule is CCOC(=O)C(C=CC(C)(C)C)NC(=O)c1ccc(Cl)n1COCC[Si](C)(C)C. The van der Waals surface area contributed by atoms with E-state index in [-0.39, 0.29) is 18.8 Å². The summed E-state index contributed by atoms with van der Waals surface area (Å²) < 4.78 is 12.4. The fourth-order valence-electron chi connectivity index (χ4n) is 2.32. The molecule has 164 valence electrons. The molecule has 1 aromatic rings. The van der Waals surface area contributed by atoms with Gasteiger partial charge in [0, 0.05) is 14.7 Å². The fraction of sp³-hybridized carbons (Fsp3) is 0.619. The molecular weight excluding hydrogens is 408 g/mol. The summed E-state index contributed by atoms with van der Waals surface area (Å²) >= 11 is 6.23. The van der Waals surface area contributed by atoms with Crippen LogP contribution >= 0.6 is 11.6 Å². The van der Waals surface area contributed by atoms with Crippen molar-refractivity contribution in [3.8, 4) is 0 Å². The van der Waals surface area contributed by atoms with Gasteiger partial charge in [0.2, 0.25) is 0 Å². The first-order valence-corrected chi connectivity index (χ1v) is 14.0. The number of allylic oxidation sites excluding steroid dienone is 1. The minimum absolute atomic E-state index is 0.136. The van der Waals surface area contributed by atoms with Crippen LogP contribution in [0.25, 0.3) is 0 Å². The highest BCUT2D eigenvalue weighted by Crippen LogP contribution is 2.18. The molecule has 0 radical (unpaired) electrons. The zero-order valence-corrected chi connectivity index (χ0v) is 20.4. The number of carbonyl (C=O) groups excluding carboxylic acids is 2. The van der Waals surface area contributed by atoms with Crippen LogP contribution in [0.2, 0.25) is 30.8 Å². The maximum Gasteiger partial charge on any atom is 0.332 e. The minimum Gasteiger partial charge on any atom is -0.464 e. The second-order valence-electron chi connectivity index (χ2n) is 9.25. The molecule has 0 aliphatic heterocycles. The number of esters is 1. The van der Waals surface area contributed by atoms with Gasteiger partial charge in [-0.2, -0.15) is 0 Å². The zero-order valence-electron chi connectivity index (χ0n) is 18.7. The molecule has 1 N–H and O–H groups in total. The predicted octanol–water partition coefficient (Wildman–Crippen LogP) is 4.72. The summed E-state index contributed by atoms with van der Waals surface area (Å²) in [6.45, 7) is 15.6. The number of hydrogen-bond acceptors (Lipinski definition) is 4. The number of halogens is 1. The number of aromatic nitrogens is 1. The standard InChI is InChI=1S/C21H35ClN2O4Si/c1-8-28-20(26)16(11-12-21(2,3)4)23-19(25)17-9-10-18(22)24(17)15-27-13-14-29(5,6)7/h9-12,16H,8,13-15H2,1-7H3,(H,23,25). The van der Waals surface area contributed by atoms with Crippen molar-refractivity contribution in [3.63, 3.8) is 0 Å². The highest BCUT2D eigenvalue weighted by Gasteiger charge is 2.23. The highest BCUT2D eigenvalue weighted by atomic mass is 35.5. The third-order valence-electron chi connectivity index (χ3n) is 3.99. The van der Waals surface area contributed by atoms with Crippen LogP contribution in [0, 0.1) is 5.41 Å². The van der Waals surface area contributed by atoms with E-state index in [4.69, 9.17) is 21.1 Å². The van der Waals surface area contributed by atoms with Crippen LogP contribution in [0.5, 0.6) is 0 Å². The first-order valence-electron chi connectivity index (χ1n) is 9.93. The molecule has 0 saturated carbocycles. The molecule has 0 bridgehead atoms. The lowest BCUT2D eigenvalue weighted by Gasteiger charge is -2.18. The third kappa shape index (κ3) is 9.65. The van der Waals surface area contributed by atoms with Crippen LogP contribution in [-0.2, 0) is 21.0 Å². The topological polar surface area (TPSA) is 69.6 Å². The summed E-state index contributed by atoms with van der Waals surface area (Å²) in [5.74, 6) is -0.917. The second-order valence-corrected chi connectivity index (χ2v) is 15.3. The van der Waals surface area contributed by atoms with Crippen LogP contribution < -0.4 is 5.32 Å². The van der Waals surface area contributed by atoms with E-state index in [1.54, 1.807) is 29.7 Å². The van der Waals surface area contributed by atoms with Gasteiger partial charge < -0.3 is 19.4 Å². The molecule has 0 spiro atoms.